The van der Waals surface area contributed by atoms with Gasteiger partial charge in [0.15, 0.2) is 6.04 Å². The highest BCUT2D eigenvalue weighted by atomic mass is 16.6. The number of aliphatic hydroxyl groups is 1. The van der Waals surface area contributed by atoms with E-state index < -0.39 is 24.7 Å². The van der Waals surface area contributed by atoms with Crippen LogP contribution in [0.25, 0.3) is 11.1 Å². The van der Waals surface area contributed by atoms with Gasteiger partial charge in [-0.3, -0.25) is 0 Å². The molecule has 0 aliphatic heterocycles. The number of hydrogen-bond acceptors (Lipinski definition) is 5. The van der Waals surface area contributed by atoms with Gasteiger partial charge in [0.2, 0.25) is 0 Å². The van der Waals surface area contributed by atoms with E-state index in [1.807, 2.05) is 43.3 Å². The summed E-state index contributed by atoms with van der Waals surface area (Å²) in [6.45, 7) is 1.84. The zero-order chi connectivity index (χ0) is 19.9. The number of fused-ring (bicyclic) bond motifs is 3. The van der Waals surface area contributed by atoms with E-state index in [0.717, 1.165) is 35.1 Å². The molecule has 1 amide bonds. The first-order valence-electron chi connectivity index (χ1n) is 9.54. The number of rotatable bonds is 8. The lowest BCUT2D eigenvalue weighted by atomic mass is 9.98. The first kappa shape index (κ1) is 19.9. The number of benzene rings is 2. The third kappa shape index (κ3) is 4.34. The Morgan fingerprint density at radius 3 is 2.21 bits per heavy atom. The molecule has 0 spiro atoms. The third-order valence-electron chi connectivity index (χ3n) is 4.85. The highest BCUT2D eigenvalue weighted by Gasteiger charge is 2.29. The minimum Gasteiger partial charge on any atom is -0.464 e. The fourth-order valence-electron chi connectivity index (χ4n) is 3.38. The second-order valence-electron chi connectivity index (χ2n) is 6.73. The summed E-state index contributed by atoms with van der Waals surface area (Å²) in [5, 5.41) is 11.8. The second-order valence-corrected chi connectivity index (χ2v) is 6.73. The molecule has 6 heteroatoms. The van der Waals surface area contributed by atoms with Crippen LogP contribution in [-0.4, -0.2) is 43.0 Å². The third-order valence-corrected chi connectivity index (χ3v) is 4.85. The molecule has 0 bridgehead atoms. The monoisotopic (exact) mass is 383 g/mol. The van der Waals surface area contributed by atoms with Crippen LogP contribution in [0.2, 0.25) is 0 Å². The summed E-state index contributed by atoms with van der Waals surface area (Å²) in [6, 6.07) is 14.9. The number of hydrogen-bond donors (Lipinski definition) is 2. The quantitative estimate of drug-likeness (QED) is 0.540. The molecule has 0 fully saturated rings. The van der Waals surface area contributed by atoms with E-state index in [1.54, 1.807) is 0 Å². The predicted molar refractivity (Wildman–Crippen MR) is 105 cm³/mol. The molecule has 1 aliphatic carbocycles. The lowest BCUT2D eigenvalue weighted by molar-refractivity contribution is -0.147. The molecule has 3 rings (SSSR count). The highest BCUT2D eigenvalue weighted by Crippen LogP contribution is 2.44. The van der Waals surface area contributed by atoms with E-state index >= 15 is 0 Å². The number of ether oxygens (including phenoxy) is 2. The smallest absolute Gasteiger partial charge is 0.407 e. The van der Waals surface area contributed by atoms with Gasteiger partial charge in [-0.15, -0.1) is 0 Å². The minimum atomic E-state index is -1.13. The average molecular weight is 383 g/mol. The van der Waals surface area contributed by atoms with Crippen molar-refractivity contribution in [3.63, 3.8) is 0 Å². The van der Waals surface area contributed by atoms with E-state index in [2.05, 4.69) is 17.4 Å². The van der Waals surface area contributed by atoms with Gasteiger partial charge < -0.3 is 19.9 Å². The maximum atomic E-state index is 12.2. The van der Waals surface area contributed by atoms with E-state index in [9.17, 15) is 14.7 Å². The summed E-state index contributed by atoms with van der Waals surface area (Å²) in [5.41, 5.74) is 4.49. The van der Waals surface area contributed by atoms with Crippen LogP contribution < -0.4 is 5.32 Å². The Morgan fingerprint density at radius 2 is 1.64 bits per heavy atom. The number of carbonyl (C=O) groups excluding carboxylic acids is 2. The zero-order valence-electron chi connectivity index (χ0n) is 15.9. The maximum absolute atomic E-state index is 12.2. The Balaban J connectivity index is 1.61. The molecular weight excluding hydrogens is 358 g/mol. The molecule has 28 heavy (non-hydrogen) atoms. The maximum Gasteiger partial charge on any atom is 0.407 e. The van der Waals surface area contributed by atoms with Gasteiger partial charge in [-0.25, -0.2) is 9.59 Å². The summed E-state index contributed by atoms with van der Waals surface area (Å²) >= 11 is 0. The van der Waals surface area contributed by atoms with Crippen LogP contribution >= 0.6 is 0 Å². The van der Waals surface area contributed by atoms with Crippen LogP contribution in [0.15, 0.2) is 48.5 Å². The fourth-order valence-corrected chi connectivity index (χ4v) is 3.38. The van der Waals surface area contributed by atoms with Gasteiger partial charge in [-0.2, -0.15) is 0 Å². The fraction of sp³-hybridized carbons (Fsp3) is 0.364. The molecule has 2 aromatic rings. The van der Waals surface area contributed by atoms with Crippen LogP contribution in [0.5, 0.6) is 0 Å². The van der Waals surface area contributed by atoms with Crippen molar-refractivity contribution in [2.75, 3.05) is 19.8 Å². The number of esters is 1. The van der Waals surface area contributed by atoms with Crippen molar-refractivity contribution in [1.29, 1.82) is 0 Å². The summed E-state index contributed by atoms with van der Waals surface area (Å²) < 4.78 is 10.4. The van der Waals surface area contributed by atoms with Crippen molar-refractivity contribution in [1.82, 2.24) is 5.32 Å². The molecule has 0 heterocycles. The van der Waals surface area contributed by atoms with Crippen molar-refractivity contribution < 1.29 is 24.2 Å². The van der Waals surface area contributed by atoms with Crippen molar-refractivity contribution >= 4 is 12.1 Å². The lowest BCUT2D eigenvalue weighted by Gasteiger charge is -2.17. The molecule has 0 aromatic heterocycles. The van der Waals surface area contributed by atoms with Crippen molar-refractivity contribution in [2.45, 2.75) is 31.7 Å². The van der Waals surface area contributed by atoms with Gasteiger partial charge in [0.25, 0.3) is 0 Å². The Morgan fingerprint density at radius 1 is 1.04 bits per heavy atom. The molecule has 148 valence electrons. The molecule has 1 aliphatic rings. The molecule has 0 unspecified atom stereocenters. The van der Waals surface area contributed by atoms with Crippen LogP contribution in [-0.2, 0) is 14.3 Å². The number of amides is 1. The van der Waals surface area contributed by atoms with Gasteiger partial charge in [0.05, 0.1) is 13.2 Å². The van der Waals surface area contributed by atoms with Gasteiger partial charge in [-0.05, 0) is 28.7 Å². The van der Waals surface area contributed by atoms with E-state index in [0.29, 0.717) is 0 Å². The first-order valence-corrected chi connectivity index (χ1v) is 9.54. The first-order chi connectivity index (χ1) is 13.7. The Bertz CT molecular complexity index is 790. The van der Waals surface area contributed by atoms with Crippen LogP contribution in [0.1, 0.15) is 36.8 Å². The Labute approximate surface area is 164 Å². The zero-order valence-corrected chi connectivity index (χ0v) is 15.9. The van der Waals surface area contributed by atoms with Gasteiger partial charge in [0.1, 0.15) is 6.61 Å². The van der Waals surface area contributed by atoms with E-state index in [-0.39, 0.29) is 19.1 Å². The van der Waals surface area contributed by atoms with Crippen molar-refractivity contribution in [3.8, 4) is 11.1 Å². The minimum absolute atomic E-state index is 0.0674. The normalized spacial score (nSPS) is 13.4. The molecule has 0 saturated heterocycles. The Hall–Kier alpha value is -2.86. The summed E-state index contributed by atoms with van der Waals surface area (Å²) in [6.07, 6.45) is 0.861. The molecule has 2 N–H and O–H groups in total. The molecular formula is C22H25NO5. The molecule has 1 atom stereocenters. The van der Waals surface area contributed by atoms with Gasteiger partial charge in [0, 0.05) is 5.92 Å². The number of nitrogens with one attached hydrogen (secondary N) is 1. The predicted octanol–water partition coefficient (Wildman–Crippen LogP) is 3.23. The number of carbonyl (C=O) groups is 2. The molecule has 0 radical (unpaired) electrons. The standard InChI is InChI=1S/C22H25NO5/c1-2-3-12-27-21(25)20(13-24)23-22(26)28-14-19-17-10-6-4-8-15(17)16-9-5-7-11-18(16)19/h4-11,19-20,24H,2-3,12-14H2,1H3,(H,23,26)/t20-/m0/s1. The number of unbranched alkanes of at least 4 members (excludes halogenated alkanes) is 1. The second kappa shape index (κ2) is 9.37. The summed E-state index contributed by atoms with van der Waals surface area (Å²) in [4.78, 5) is 24.1. The average Bonchev–Trinajstić information content (AvgIpc) is 3.04. The largest absolute Gasteiger partial charge is 0.464 e. The summed E-state index contributed by atoms with van der Waals surface area (Å²) in [5.74, 6) is -0.730. The van der Waals surface area contributed by atoms with Crippen LogP contribution in [0.3, 0.4) is 0 Å². The van der Waals surface area contributed by atoms with Crippen molar-refractivity contribution in [2.24, 2.45) is 0 Å². The lowest BCUT2D eigenvalue weighted by Crippen LogP contribution is -2.45. The van der Waals surface area contributed by atoms with Gasteiger partial charge in [-0.1, -0.05) is 61.9 Å². The number of aliphatic hydroxyl groups excluding tert-OH is 1. The highest BCUT2D eigenvalue weighted by molar-refractivity contribution is 5.82. The molecule has 6 nitrogen and oxygen atoms in total. The molecule has 0 saturated carbocycles. The van der Waals surface area contributed by atoms with Crippen LogP contribution in [0.4, 0.5) is 4.79 Å². The topological polar surface area (TPSA) is 84.9 Å². The van der Waals surface area contributed by atoms with Gasteiger partial charge >= 0.3 is 12.1 Å². The summed E-state index contributed by atoms with van der Waals surface area (Å²) in [7, 11) is 0. The van der Waals surface area contributed by atoms with E-state index in [4.69, 9.17) is 9.47 Å². The SMILES string of the molecule is CCCCOC(=O)[C@H](CO)NC(=O)OCC1c2ccccc2-c2ccccc21. The number of alkyl carbamates (subject to hydrolysis) is 1. The molecule has 2 aromatic carbocycles. The van der Waals surface area contributed by atoms with Crippen molar-refractivity contribution in [3.05, 3.63) is 59.7 Å². The Kier molecular flexibility index (Phi) is 6.66. The van der Waals surface area contributed by atoms with E-state index in [1.165, 1.54) is 0 Å². The van der Waals surface area contributed by atoms with Crippen LogP contribution in [0, 0.1) is 0 Å².